The van der Waals surface area contributed by atoms with E-state index in [4.69, 9.17) is 4.98 Å². The third-order valence-electron chi connectivity index (χ3n) is 4.96. The molecule has 0 spiro atoms. The van der Waals surface area contributed by atoms with E-state index in [1.807, 2.05) is 19.2 Å². The molecule has 0 saturated heterocycles. The Morgan fingerprint density at radius 2 is 2.04 bits per heavy atom. The van der Waals surface area contributed by atoms with Crippen LogP contribution >= 0.6 is 0 Å². The van der Waals surface area contributed by atoms with Gasteiger partial charge in [-0.1, -0.05) is 30.3 Å². The Labute approximate surface area is 135 Å². The second-order valence-corrected chi connectivity index (χ2v) is 6.29. The first kappa shape index (κ1) is 14.3. The molecular formula is C19H21N3O. The molecule has 4 nitrogen and oxygen atoms in total. The topological polar surface area (TPSA) is 49.6 Å². The van der Waals surface area contributed by atoms with E-state index in [9.17, 15) is 5.11 Å². The largest absolute Gasteiger partial charge is 0.392 e. The minimum Gasteiger partial charge on any atom is -0.392 e. The van der Waals surface area contributed by atoms with E-state index >= 15 is 0 Å². The minimum absolute atomic E-state index is 0.0621. The Bertz CT molecular complexity index is 867. The van der Waals surface area contributed by atoms with E-state index in [1.165, 1.54) is 11.1 Å². The van der Waals surface area contributed by atoms with Crippen LogP contribution in [0.5, 0.6) is 0 Å². The summed E-state index contributed by atoms with van der Waals surface area (Å²) in [6.45, 7) is 4.16. The molecule has 0 bridgehead atoms. The zero-order valence-corrected chi connectivity index (χ0v) is 13.5. The first-order chi connectivity index (χ1) is 11.2. The van der Waals surface area contributed by atoms with Crippen molar-refractivity contribution < 1.29 is 5.11 Å². The monoisotopic (exact) mass is 307 g/mol. The van der Waals surface area contributed by atoms with Crippen molar-refractivity contribution in [1.82, 2.24) is 9.38 Å². The van der Waals surface area contributed by atoms with Crippen molar-refractivity contribution in [2.75, 3.05) is 5.32 Å². The summed E-state index contributed by atoms with van der Waals surface area (Å²) in [7, 11) is 0. The van der Waals surface area contributed by atoms with Gasteiger partial charge in [-0.05, 0) is 43.4 Å². The lowest BCUT2D eigenvalue weighted by molar-refractivity contribution is 0.279. The van der Waals surface area contributed by atoms with E-state index in [2.05, 4.69) is 40.9 Å². The van der Waals surface area contributed by atoms with Gasteiger partial charge in [0.15, 0.2) is 5.65 Å². The fourth-order valence-electron chi connectivity index (χ4n) is 3.53. The van der Waals surface area contributed by atoms with Gasteiger partial charge in [0, 0.05) is 11.9 Å². The van der Waals surface area contributed by atoms with Crippen molar-refractivity contribution in [3.63, 3.8) is 0 Å². The maximum Gasteiger partial charge on any atom is 0.161 e. The van der Waals surface area contributed by atoms with Gasteiger partial charge in [0.1, 0.15) is 0 Å². The first-order valence-corrected chi connectivity index (χ1v) is 8.11. The molecule has 3 heterocycles. The van der Waals surface area contributed by atoms with Crippen LogP contribution in [-0.2, 0) is 13.0 Å². The van der Waals surface area contributed by atoms with Gasteiger partial charge in [-0.2, -0.15) is 0 Å². The Morgan fingerprint density at radius 1 is 1.26 bits per heavy atom. The number of fused-ring (bicyclic) bond motifs is 3. The predicted octanol–water partition coefficient (Wildman–Crippen LogP) is 3.54. The van der Waals surface area contributed by atoms with Crippen LogP contribution in [0.15, 0.2) is 36.5 Å². The van der Waals surface area contributed by atoms with Crippen LogP contribution in [0.1, 0.15) is 40.5 Å². The highest BCUT2D eigenvalue weighted by molar-refractivity contribution is 5.75. The Hall–Kier alpha value is -2.33. The number of hydrogen-bond donors (Lipinski definition) is 2. The van der Waals surface area contributed by atoms with Crippen LogP contribution in [0.3, 0.4) is 0 Å². The maximum atomic E-state index is 9.77. The summed E-state index contributed by atoms with van der Waals surface area (Å²) in [6.07, 6.45) is 4.02. The lowest BCUT2D eigenvalue weighted by atomic mass is 9.92. The Kier molecular flexibility index (Phi) is 3.34. The predicted molar refractivity (Wildman–Crippen MR) is 91.7 cm³/mol. The number of benzene rings is 1. The second kappa shape index (κ2) is 5.39. The molecule has 1 atom stereocenters. The van der Waals surface area contributed by atoms with E-state index in [0.29, 0.717) is 6.04 Å². The second-order valence-electron chi connectivity index (χ2n) is 6.29. The molecule has 1 aliphatic rings. The summed E-state index contributed by atoms with van der Waals surface area (Å²) in [5.74, 6) is 0. The van der Waals surface area contributed by atoms with Crippen LogP contribution in [0, 0.1) is 13.8 Å². The summed E-state index contributed by atoms with van der Waals surface area (Å²) in [4.78, 5) is 4.75. The van der Waals surface area contributed by atoms with Crippen molar-refractivity contribution in [3.8, 4) is 0 Å². The molecule has 0 aliphatic carbocycles. The van der Waals surface area contributed by atoms with Crippen molar-refractivity contribution in [3.05, 3.63) is 64.6 Å². The summed E-state index contributed by atoms with van der Waals surface area (Å²) >= 11 is 0. The molecule has 4 rings (SSSR count). The highest BCUT2D eigenvalue weighted by atomic mass is 16.3. The van der Waals surface area contributed by atoms with Crippen LogP contribution < -0.4 is 5.32 Å². The van der Waals surface area contributed by atoms with Gasteiger partial charge in [0.2, 0.25) is 0 Å². The SMILES string of the molecule is Cc1nc2c3c(c(CO)cn2c1C)CCC(c1ccccc1)N3. The number of aliphatic hydroxyl groups excluding tert-OH is 1. The molecule has 1 unspecified atom stereocenters. The third kappa shape index (κ3) is 2.21. The normalized spacial score (nSPS) is 17.1. The van der Waals surface area contributed by atoms with Gasteiger partial charge in [0.25, 0.3) is 0 Å². The number of aryl methyl sites for hydroxylation is 2. The number of hydrogen-bond acceptors (Lipinski definition) is 3. The number of pyridine rings is 1. The molecule has 0 radical (unpaired) electrons. The highest BCUT2D eigenvalue weighted by Gasteiger charge is 2.25. The average molecular weight is 307 g/mol. The molecule has 0 saturated carbocycles. The molecule has 3 aromatic rings. The zero-order chi connectivity index (χ0) is 16.0. The van der Waals surface area contributed by atoms with Crippen molar-refractivity contribution >= 4 is 11.3 Å². The van der Waals surface area contributed by atoms with Crippen LogP contribution in [0.2, 0.25) is 0 Å². The molecule has 4 heteroatoms. The smallest absolute Gasteiger partial charge is 0.161 e. The number of imidazole rings is 1. The molecule has 0 amide bonds. The van der Waals surface area contributed by atoms with Crippen molar-refractivity contribution in [2.24, 2.45) is 0 Å². The third-order valence-corrected chi connectivity index (χ3v) is 4.96. The lowest BCUT2D eigenvalue weighted by Gasteiger charge is -2.29. The maximum absolute atomic E-state index is 9.77. The average Bonchev–Trinajstić information content (AvgIpc) is 2.89. The van der Waals surface area contributed by atoms with E-state index in [-0.39, 0.29) is 6.61 Å². The summed E-state index contributed by atoms with van der Waals surface area (Å²) in [5.41, 5.74) is 7.70. The summed E-state index contributed by atoms with van der Waals surface area (Å²) < 4.78 is 2.10. The molecular weight excluding hydrogens is 286 g/mol. The molecule has 2 aromatic heterocycles. The van der Waals surface area contributed by atoms with Crippen LogP contribution in [0.4, 0.5) is 5.69 Å². The van der Waals surface area contributed by atoms with Crippen molar-refractivity contribution in [2.45, 2.75) is 39.3 Å². The molecule has 0 fully saturated rings. The fourth-order valence-corrected chi connectivity index (χ4v) is 3.53. The Balaban J connectivity index is 1.87. The van der Waals surface area contributed by atoms with E-state index in [0.717, 1.165) is 41.1 Å². The molecule has 1 aliphatic heterocycles. The van der Waals surface area contributed by atoms with Crippen LogP contribution in [-0.4, -0.2) is 14.5 Å². The first-order valence-electron chi connectivity index (χ1n) is 8.11. The molecule has 1 aromatic carbocycles. The number of aromatic nitrogens is 2. The number of aliphatic hydroxyl groups is 1. The van der Waals surface area contributed by atoms with Gasteiger partial charge in [-0.25, -0.2) is 4.98 Å². The number of rotatable bonds is 2. The van der Waals surface area contributed by atoms with Gasteiger partial charge in [0.05, 0.1) is 24.0 Å². The Morgan fingerprint density at radius 3 is 2.78 bits per heavy atom. The minimum atomic E-state index is 0.0621. The number of anilines is 1. The quantitative estimate of drug-likeness (QED) is 0.761. The summed E-state index contributed by atoms with van der Waals surface area (Å²) in [6, 6.07) is 10.8. The van der Waals surface area contributed by atoms with Gasteiger partial charge in [-0.3, -0.25) is 0 Å². The molecule has 2 N–H and O–H groups in total. The molecule has 23 heavy (non-hydrogen) atoms. The van der Waals surface area contributed by atoms with E-state index in [1.54, 1.807) is 0 Å². The lowest BCUT2D eigenvalue weighted by Crippen LogP contribution is -2.20. The van der Waals surface area contributed by atoms with Crippen molar-refractivity contribution in [1.29, 1.82) is 0 Å². The highest BCUT2D eigenvalue weighted by Crippen LogP contribution is 2.37. The number of nitrogens with zero attached hydrogens (tertiary/aromatic N) is 2. The molecule has 118 valence electrons. The van der Waals surface area contributed by atoms with Crippen LogP contribution in [0.25, 0.3) is 5.65 Å². The van der Waals surface area contributed by atoms with Gasteiger partial charge < -0.3 is 14.8 Å². The standard InChI is InChI=1S/C19H21N3O/c1-12-13(2)22-10-15(11-23)16-8-9-17(14-6-4-3-5-7-14)21-18(16)19(22)20-12/h3-7,10,17,21,23H,8-9,11H2,1-2H3. The summed E-state index contributed by atoms with van der Waals surface area (Å²) in [5, 5.41) is 13.4. The fraction of sp³-hybridized carbons (Fsp3) is 0.316. The van der Waals surface area contributed by atoms with Gasteiger partial charge >= 0.3 is 0 Å². The number of nitrogens with one attached hydrogen (secondary N) is 1. The van der Waals surface area contributed by atoms with E-state index < -0.39 is 0 Å². The van der Waals surface area contributed by atoms with Gasteiger partial charge in [-0.15, -0.1) is 0 Å². The zero-order valence-electron chi connectivity index (χ0n) is 13.5.